The predicted molar refractivity (Wildman–Crippen MR) is 124 cm³/mol. The van der Waals surface area contributed by atoms with Crippen LogP contribution in [-0.4, -0.2) is 45.0 Å². The summed E-state index contributed by atoms with van der Waals surface area (Å²) in [6.45, 7) is 3.23. The topological polar surface area (TPSA) is 68.2 Å². The molecule has 5 rings (SSSR count). The van der Waals surface area contributed by atoms with Crippen molar-refractivity contribution < 1.29 is 9.53 Å². The van der Waals surface area contributed by atoms with Gasteiger partial charge in [-0.3, -0.25) is 14.8 Å². The molecule has 0 bridgehead atoms. The Labute approximate surface area is 186 Å². The van der Waals surface area contributed by atoms with E-state index in [1.165, 1.54) is 0 Å². The van der Waals surface area contributed by atoms with E-state index in [-0.39, 0.29) is 12.0 Å². The number of aromatic nitrogens is 3. The first-order valence-corrected chi connectivity index (χ1v) is 10.9. The standard InChI is InChI=1S/C26H24N4O2/c1-18-17-20(9-13-27-18)23-7-4-12-29-25(23)32-21-10-15-30(16-11-21)26(31)24-22-6-3-2-5-19(22)8-14-28-24/h2-9,12-14,17,21H,10-11,15-16H2,1H3. The van der Waals surface area contributed by atoms with Gasteiger partial charge in [0.15, 0.2) is 0 Å². The Hall–Kier alpha value is -3.80. The summed E-state index contributed by atoms with van der Waals surface area (Å²) < 4.78 is 6.30. The Bertz CT molecular complexity index is 1260. The molecule has 1 fully saturated rings. The Morgan fingerprint density at radius 3 is 2.59 bits per heavy atom. The van der Waals surface area contributed by atoms with Crippen molar-refractivity contribution >= 4 is 16.7 Å². The molecular weight excluding hydrogens is 400 g/mol. The molecule has 0 atom stereocenters. The molecule has 1 aliphatic rings. The molecule has 160 valence electrons. The van der Waals surface area contributed by atoms with E-state index in [4.69, 9.17) is 4.74 Å². The van der Waals surface area contributed by atoms with Crippen molar-refractivity contribution in [1.29, 1.82) is 0 Å². The summed E-state index contributed by atoms with van der Waals surface area (Å²) in [7, 11) is 0. The molecule has 1 aromatic carbocycles. The van der Waals surface area contributed by atoms with Crippen LogP contribution in [0.1, 0.15) is 29.0 Å². The lowest BCUT2D eigenvalue weighted by Gasteiger charge is -2.32. The number of fused-ring (bicyclic) bond motifs is 1. The van der Waals surface area contributed by atoms with Crippen molar-refractivity contribution in [3.8, 4) is 17.0 Å². The lowest BCUT2D eigenvalue weighted by atomic mass is 10.0. The number of pyridine rings is 3. The van der Waals surface area contributed by atoms with Gasteiger partial charge in [0.05, 0.1) is 0 Å². The van der Waals surface area contributed by atoms with Crippen LogP contribution >= 0.6 is 0 Å². The third kappa shape index (κ3) is 4.04. The summed E-state index contributed by atoms with van der Waals surface area (Å²) in [5.41, 5.74) is 3.46. The quantitative estimate of drug-likeness (QED) is 0.476. The number of carbonyl (C=O) groups excluding carboxylic acids is 1. The number of likely N-dealkylation sites (tertiary alicyclic amines) is 1. The zero-order chi connectivity index (χ0) is 21.9. The zero-order valence-corrected chi connectivity index (χ0v) is 17.9. The first kappa shape index (κ1) is 20.1. The molecule has 0 saturated carbocycles. The van der Waals surface area contributed by atoms with Crippen molar-refractivity contribution in [2.45, 2.75) is 25.9 Å². The molecule has 0 spiro atoms. The molecule has 4 aromatic rings. The summed E-state index contributed by atoms with van der Waals surface area (Å²) in [6.07, 6.45) is 6.76. The summed E-state index contributed by atoms with van der Waals surface area (Å²) >= 11 is 0. The molecule has 3 aromatic heterocycles. The molecule has 32 heavy (non-hydrogen) atoms. The molecule has 0 N–H and O–H groups in total. The monoisotopic (exact) mass is 424 g/mol. The average molecular weight is 425 g/mol. The number of aryl methyl sites for hydroxylation is 1. The van der Waals surface area contributed by atoms with E-state index in [2.05, 4.69) is 15.0 Å². The van der Waals surface area contributed by atoms with Crippen LogP contribution in [0.2, 0.25) is 0 Å². The summed E-state index contributed by atoms with van der Waals surface area (Å²) in [5.74, 6) is 0.602. The average Bonchev–Trinajstić information content (AvgIpc) is 2.84. The van der Waals surface area contributed by atoms with E-state index in [9.17, 15) is 4.79 Å². The Balaban J connectivity index is 1.28. The minimum absolute atomic E-state index is 0.0103. The molecule has 0 aliphatic carbocycles. The van der Waals surface area contributed by atoms with Gasteiger partial charge in [-0.15, -0.1) is 0 Å². The highest BCUT2D eigenvalue weighted by molar-refractivity contribution is 6.05. The molecular formula is C26H24N4O2. The molecule has 6 heteroatoms. The van der Waals surface area contributed by atoms with Gasteiger partial charge >= 0.3 is 0 Å². The van der Waals surface area contributed by atoms with Gasteiger partial charge in [0.2, 0.25) is 5.88 Å². The lowest BCUT2D eigenvalue weighted by molar-refractivity contribution is 0.0585. The second-order valence-corrected chi connectivity index (χ2v) is 8.03. The van der Waals surface area contributed by atoms with Crippen LogP contribution in [-0.2, 0) is 0 Å². The fourth-order valence-electron chi connectivity index (χ4n) is 4.19. The number of ether oxygens (including phenoxy) is 1. The van der Waals surface area contributed by atoms with E-state index in [1.807, 2.05) is 66.4 Å². The van der Waals surface area contributed by atoms with Gasteiger partial charge in [-0.25, -0.2) is 4.98 Å². The largest absolute Gasteiger partial charge is 0.474 e. The van der Waals surface area contributed by atoms with E-state index in [0.717, 1.165) is 40.4 Å². The van der Waals surface area contributed by atoms with Crippen LogP contribution in [0, 0.1) is 6.92 Å². The number of carbonyl (C=O) groups is 1. The first-order chi connectivity index (χ1) is 15.7. The van der Waals surface area contributed by atoms with Gasteiger partial charge in [0.25, 0.3) is 5.91 Å². The molecule has 6 nitrogen and oxygen atoms in total. The van der Waals surface area contributed by atoms with Gasteiger partial charge < -0.3 is 9.64 Å². The number of amides is 1. The van der Waals surface area contributed by atoms with Crippen LogP contribution in [0.3, 0.4) is 0 Å². The van der Waals surface area contributed by atoms with Crippen molar-refractivity contribution in [2.75, 3.05) is 13.1 Å². The maximum absolute atomic E-state index is 13.2. The summed E-state index contributed by atoms with van der Waals surface area (Å²) in [6, 6.07) is 17.7. The number of hydrogen-bond acceptors (Lipinski definition) is 5. The van der Waals surface area contributed by atoms with Gasteiger partial charge in [-0.2, -0.15) is 0 Å². The predicted octanol–water partition coefficient (Wildman–Crippen LogP) is 4.68. The SMILES string of the molecule is Cc1cc(-c2cccnc2OC2CCN(C(=O)c3nccc4ccccc34)CC2)ccn1. The van der Waals surface area contributed by atoms with E-state index >= 15 is 0 Å². The minimum Gasteiger partial charge on any atom is -0.474 e. The highest BCUT2D eigenvalue weighted by Gasteiger charge is 2.27. The number of hydrogen-bond donors (Lipinski definition) is 0. The van der Waals surface area contributed by atoms with Gasteiger partial charge in [-0.1, -0.05) is 24.3 Å². The maximum atomic E-state index is 13.2. The molecule has 4 heterocycles. The van der Waals surface area contributed by atoms with E-state index < -0.39 is 0 Å². The Kier molecular flexibility index (Phi) is 5.50. The van der Waals surface area contributed by atoms with E-state index in [1.54, 1.807) is 18.6 Å². The molecule has 0 radical (unpaired) electrons. The van der Waals surface area contributed by atoms with Crippen LogP contribution in [0.4, 0.5) is 0 Å². The first-order valence-electron chi connectivity index (χ1n) is 10.9. The molecule has 0 unspecified atom stereocenters. The van der Waals surface area contributed by atoms with Crippen LogP contribution in [0.25, 0.3) is 21.9 Å². The highest BCUT2D eigenvalue weighted by atomic mass is 16.5. The van der Waals surface area contributed by atoms with Gasteiger partial charge in [-0.05, 0) is 48.2 Å². The number of piperidine rings is 1. The van der Waals surface area contributed by atoms with Gasteiger partial charge in [0.1, 0.15) is 11.8 Å². The number of nitrogens with zero attached hydrogens (tertiary/aromatic N) is 4. The summed E-state index contributed by atoms with van der Waals surface area (Å²) in [4.78, 5) is 28.2. The molecule has 1 saturated heterocycles. The fraction of sp³-hybridized carbons (Fsp3) is 0.231. The Morgan fingerprint density at radius 2 is 1.75 bits per heavy atom. The minimum atomic E-state index is -0.0222. The smallest absolute Gasteiger partial charge is 0.273 e. The second-order valence-electron chi connectivity index (χ2n) is 8.03. The summed E-state index contributed by atoms with van der Waals surface area (Å²) in [5, 5.41) is 1.92. The second kappa shape index (κ2) is 8.75. The van der Waals surface area contributed by atoms with Crippen molar-refractivity contribution in [3.63, 3.8) is 0 Å². The lowest BCUT2D eigenvalue weighted by Crippen LogP contribution is -2.42. The van der Waals surface area contributed by atoms with Crippen molar-refractivity contribution in [2.24, 2.45) is 0 Å². The van der Waals surface area contributed by atoms with Gasteiger partial charge in [0, 0.05) is 61.2 Å². The number of benzene rings is 1. The third-order valence-electron chi connectivity index (χ3n) is 5.86. The van der Waals surface area contributed by atoms with Crippen molar-refractivity contribution in [3.05, 3.63) is 84.6 Å². The maximum Gasteiger partial charge on any atom is 0.273 e. The van der Waals surface area contributed by atoms with E-state index in [0.29, 0.717) is 24.7 Å². The number of rotatable bonds is 4. The molecule has 1 aliphatic heterocycles. The van der Waals surface area contributed by atoms with Crippen molar-refractivity contribution in [1.82, 2.24) is 19.9 Å². The highest BCUT2D eigenvalue weighted by Crippen LogP contribution is 2.30. The fourth-order valence-corrected chi connectivity index (χ4v) is 4.19. The third-order valence-corrected chi connectivity index (χ3v) is 5.86. The Morgan fingerprint density at radius 1 is 0.938 bits per heavy atom. The normalized spacial score (nSPS) is 14.5. The zero-order valence-electron chi connectivity index (χ0n) is 17.9. The van der Waals surface area contributed by atoms with Crippen LogP contribution in [0.5, 0.6) is 5.88 Å². The van der Waals surface area contributed by atoms with Crippen LogP contribution < -0.4 is 4.74 Å². The van der Waals surface area contributed by atoms with Crippen LogP contribution in [0.15, 0.2) is 73.2 Å². The molecule has 1 amide bonds.